The van der Waals surface area contributed by atoms with E-state index in [1.165, 1.54) is 12.8 Å². The van der Waals surface area contributed by atoms with E-state index in [2.05, 4.69) is 10.8 Å². The zero-order chi connectivity index (χ0) is 12.0. The van der Waals surface area contributed by atoms with Gasteiger partial charge in [-0.05, 0) is 29.6 Å². The lowest BCUT2D eigenvalue weighted by Gasteiger charge is -2.12. The highest BCUT2D eigenvalue weighted by molar-refractivity contribution is 7.84. The molecule has 2 unspecified atom stereocenters. The molecule has 1 fully saturated rings. The van der Waals surface area contributed by atoms with Crippen molar-refractivity contribution in [2.45, 2.75) is 23.8 Å². The molecule has 0 aromatic carbocycles. The number of carbonyl (C=O) groups is 1. The predicted molar refractivity (Wildman–Crippen MR) is 67.8 cm³/mol. The van der Waals surface area contributed by atoms with Crippen LogP contribution in [0.1, 0.15) is 28.9 Å². The Kier molecular flexibility index (Phi) is 2.52. The van der Waals surface area contributed by atoms with Crippen molar-refractivity contribution in [3.8, 4) is 0 Å². The molecule has 2 heterocycles. The molecule has 2 aliphatic rings. The van der Waals surface area contributed by atoms with Crippen molar-refractivity contribution in [2.24, 2.45) is 13.0 Å². The van der Waals surface area contributed by atoms with E-state index in [4.69, 9.17) is 4.78 Å². The average Bonchev–Trinajstić information content (AvgIpc) is 3.09. The number of fused-ring (bicyclic) bond motifs is 1. The summed E-state index contributed by atoms with van der Waals surface area (Å²) in [7, 11) is 1.12. The number of hydrogen-bond acceptors (Lipinski definition) is 2. The Hall–Kier alpha value is -1.20. The Labute approximate surface area is 103 Å². The van der Waals surface area contributed by atoms with Gasteiger partial charge in [0, 0.05) is 24.8 Å². The maximum atomic E-state index is 11.1. The molecule has 0 bridgehead atoms. The van der Waals surface area contributed by atoms with Crippen LogP contribution in [0.15, 0.2) is 17.2 Å². The van der Waals surface area contributed by atoms with Crippen molar-refractivity contribution in [3.05, 3.63) is 23.5 Å². The second-order valence-corrected chi connectivity index (χ2v) is 5.96. The standard InChI is InChI=1S/C12H15N3OS/c1-15-6-12-9(11(15)7-16)4-5-10(8-2-3-8)14-17(12)13/h4-8,10H,2-3H2,1H3,(H2,13,14). The number of carbonyl (C=O) groups excluding carboxylic acids is 1. The van der Waals surface area contributed by atoms with Crippen molar-refractivity contribution < 1.29 is 4.79 Å². The zero-order valence-electron chi connectivity index (χ0n) is 9.64. The summed E-state index contributed by atoms with van der Waals surface area (Å²) in [6.45, 7) is 0. The van der Waals surface area contributed by atoms with Crippen LogP contribution in [0.5, 0.6) is 0 Å². The molecule has 0 spiro atoms. The summed E-state index contributed by atoms with van der Waals surface area (Å²) in [5.74, 6) is 0.684. The van der Waals surface area contributed by atoms with Gasteiger partial charge in [0.2, 0.25) is 0 Å². The summed E-state index contributed by atoms with van der Waals surface area (Å²) in [4.78, 5) is 12.0. The molecule has 1 aliphatic heterocycles. The highest BCUT2D eigenvalue weighted by atomic mass is 32.2. The van der Waals surface area contributed by atoms with Crippen LogP contribution in [0.3, 0.4) is 0 Å². The summed E-state index contributed by atoms with van der Waals surface area (Å²) in [6, 6.07) is 0.299. The highest BCUT2D eigenvalue weighted by Gasteiger charge is 2.32. The van der Waals surface area contributed by atoms with Gasteiger partial charge in [0.1, 0.15) is 0 Å². The van der Waals surface area contributed by atoms with Crippen LogP contribution in [0.25, 0.3) is 6.08 Å². The lowest BCUT2D eigenvalue weighted by Crippen LogP contribution is -2.29. The molecule has 3 rings (SSSR count). The first-order valence-corrected chi connectivity index (χ1v) is 6.97. The summed E-state index contributed by atoms with van der Waals surface area (Å²) in [5, 5.41) is 0. The Balaban J connectivity index is 2.06. The summed E-state index contributed by atoms with van der Waals surface area (Å²) in [6.07, 6.45) is 9.39. The van der Waals surface area contributed by atoms with Gasteiger partial charge in [0.25, 0.3) is 0 Å². The molecular formula is C12H15N3OS. The summed E-state index contributed by atoms with van der Waals surface area (Å²) in [5.41, 5.74) is 1.58. The number of aldehydes is 1. The van der Waals surface area contributed by atoms with E-state index in [0.29, 0.717) is 17.7 Å². The number of nitrogens with one attached hydrogen (secondary N) is 2. The summed E-state index contributed by atoms with van der Waals surface area (Å²) >= 11 is 0. The summed E-state index contributed by atoms with van der Waals surface area (Å²) < 4.78 is 13.3. The third-order valence-electron chi connectivity index (χ3n) is 3.42. The molecule has 2 atom stereocenters. The predicted octanol–water partition coefficient (Wildman–Crippen LogP) is 1.89. The third kappa shape index (κ3) is 1.79. The first kappa shape index (κ1) is 10.9. The van der Waals surface area contributed by atoms with Crippen molar-refractivity contribution in [3.63, 3.8) is 0 Å². The minimum absolute atomic E-state index is 0.299. The van der Waals surface area contributed by atoms with E-state index in [0.717, 1.165) is 16.7 Å². The average molecular weight is 249 g/mol. The maximum Gasteiger partial charge on any atom is 0.167 e. The van der Waals surface area contributed by atoms with Crippen LogP contribution in [0.2, 0.25) is 0 Å². The fourth-order valence-corrected chi connectivity index (χ4v) is 3.58. The molecular weight excluding hydrogens is 234 g/mol. The number of nitrogens with zero attached hydrogens (tertiary/aromatic N) is 1. The quantitative estimate of drug-likeness (QED) is 0.786. The molecule has 90 valence electrons. The minimum atomic E-state index is -0.726. The van der Waals surface area contributed by atoms with Gasteiger partial charge in [-0.3, -0.25) is 9.57 Å². The van der Waals surface area contributed by atoms with Crippen LogP contribution in [0, 0.1) is 10.7 Å². The van der Waals surface area contributed by atoms with Crippen molar-refractivity contribution in [2.75, 3.05) is 0 Å². The van der Waals surface area contributed by atoms with Crippen molar-refractivity contribution in [1.29, 1.82) is 4.78 Å². The van der Waals surface area contributed by atoms with Gasteiger partial charge >= 0.3 is 0 Å². The first-order chi connectivity index (χ1) is 8.20. The van der Waals surface area contributed by atoms with Crippen molar-refractivity contribution in [1.82, 2.24) is 9.29 Å². The molecule has 1 saturated carbocycles. The topological polar surface area (TPSA) is 57.9 Å². The van der Waals surface area contributed by atoms with Crippen LogP contribution >= 0.6 is 0 Å². The number of rotatable bonds is 2. The molecule has 17 heavy (non-hydrogen) atoms. The van der Waals surface area contributed by atoms with Crippen molar-refractivity contribution >= 4 is 23.2 Å². The van der Waals surface area contributed by atoms with Gasteiger partial charge in [-0.25, -0.2) is 4.72 Å². The van der Waals surface area contributed by atoms with Gasteiger partial charge in [-0.2, -0.15) is 0 Å². The smallest absolute Gasteiger partial charge is 0.167 e. The molecule has 5 heteroatoms. The fraction of sp³-hybridized carbons (Fsp3) is 0.417. The van der Waals surface area contributed by atoms with Crippen LogP contribution in [-0.4, -0.2) is 16.9 Å². The normalized spacial score (nSPS) is 27.6. The monoisotopic (exact) mass is 249 g/mol. The second kappa shape index (κ2) is 3.92. The first-order valence-electron chi connectivity index (χ1n) is 5.75. The molecule has 0 amide bonds. The van der Waals surface area contributed by atoms with Gasteiger partial charge in [0.05, 0.1) is 10.6 Å². The van der Waals surface area contributed by atoms with E-state index < -0.39 is 10.9 Å². The van der Waals surface area contributed by atoms with E-state index in [1.54, 1.807) is 4.57 Å². The van der Waals surface area contributed by atoms with Gasteiger partial charge < -0.3 is 4.57 Å². The van der Waals surface area contributed by atoms with Crippen LogP contribution in [0.4, 0.5) is 0 Å². The largest absolute Gasteiger partial charge is 0.347 e. The molecule has 0 saturated heterocycles. The van der Waals surface area contributed by atoms with E-state index >= 15 is 0 Å². The Bertz CT molecular complexity index is 528. The van der Waals surface area contributed by atoms with E-state index in [9.17, 15) is 4.79 Å². The van der Waals surface area contributed by atoms with E-state index in [1.807, 2.05) is 19.3 Å². The Morgan fingerprint density at radius 3 is 3.00 bits per heavy atom. The van der Waals surface area contributed by atoms with E-state index in [-0.39, 0.29) is 0 Å². The highest BCUT2D eigenvalue weighted by Crippen LogP contribution is 2.35. The molecule has 4 nitrogen and oxygen atoms in total. The third-order valence-corrected chi connectivity index (χ3v) is 4.69. The molecule has 2 N–H and O–H groups in total. The van der Waals surface area contributed by atoms with Crippen LogP contribution in [-0.2, 0) is 17.9 Å². The minimum Gasteiger partial charge on any atom is -0.347 e. The maximum absolute atomic E-state index is 11.1. The fourth-order valence-electron chi connectivity index (χ4n) is 2.26. The molecule has 0 radical (unpaired) electrons. The number of hydrogen-bond donors (Lipinski definition) is 2. The van der Waals surface area contributed by atoms with Crippen LogP contribution < -0.4 is 4.72 Å². The van der Waals surface area contributed by atoms with Gasteiger partial charge in [0.15, 0.2) is 6.29 Å². The number of aryl methyl sites for hydroxylation is 1. The second-order valence-electron chi connectivity index (χ2n) is 4.67. The molecule has 1 aromatic rings. The SMILES string of the molecule is Cn1cc2c(c1C=O)C=CC(C1CC1)NS2=N. The molecule has 1 aromatic heterocycles. The Morgan fingerprint density at radius 1 is 1.59 bits per heavy atom. The lowest BCUT2D eigenvalue weighted by molar-refractivity contribution is 0.111. The van der Waals surface area contributed by atoms with Gasteiger partial charge in [-0.15, -0.1) is 0 Å². The molecule has 1 aliphatic carbocycles. The lowest BCUT2D eigenvalue weighted by atomic mass is 10.1. The zero-order valence-corrected chi connectivity index (χ0v) is 10.5. The Morgan fingerprint density at radius 2 is 2.35 bits per heavy atom. The number of aromatic nitrogens is 1. The van der Waals surface area contributed by atoms with Gasteiger partial charge in [-0.1, -0.05) is 12.2 Å².